The molecule has 0 unspecified atom stereocenters. The molecule has 5 atom stereocenters. The molecule has 2 aliphatic carbocycles. The number of fused-ring (bicyclic) bond motifs is 3. The number of rotatable bonds is 2. The number of hydrogen-bond acceptors (Lipinski definition) is 3. The SMILES string of the molecule is C=C1CCC[C@]2(C)CC[C@@H]3[C@H](OC(=O)[C@H]3COC)[C@@H]12. The Bertz CT molecular complexity index is 403. The highest BCUT2D eigenvalue weighted by Crippen LogP contribution is 2.57. The molecule has 0 radical (unpaired) electrons. The van der Waals surface area contributed by atoms with Crippen LogP contribution in [0.15, 0.2) is 12.2 Å². The molecule has 106 valence electrons. The van der Waals surface area contributed by atoms with Gasteiger partial charge in [0.15, 0.2) is 0 Å². The highest BCUT2D eigenvalue weighted by Gasteiger charge is 2.57. The molecule has 0 bridgehead atoms. The highest BCUT2D eigenvalue weighted by atomic mass is 16.6. The van der Waals surface area contributed by atoms with Gasteiger partial charge >= 0.3 is 5.97 Å². The number of methoxy groups -OCH3 is 1. The highest BCUT2D eigenvalue weighted by molar-refractivity contribution is 5.75. The van der Waals surface area contributed by atoms with Gasteiger partial charge in [0, 0.05) is 18.9 Å². The number of hydrogen-bond donors (Lipinski definition) is 0. The Morgan fingerprint density at radius 1 is 1.47 bits per heavy atom. The van der Waals surface area contributed by atoms with E-state index in [0.29, 0.717) is 23.9 Å². The molecule has 0 aromatic rings. The first-order chi connectivity index (χ1) is 9.07. The van der Waals surface area contributed by atoms with Gasteiger partial charge in [-0.2, -0.15) is 0 Å². The van der Waals surface area contributed by atoms with Crippen LogP contribution in [-0.4, -0.2) is 25.8 Å². The minimum absolute atomic E-state index is 0.0548. The van der Waals surface area contributed by atoms with Crippen molar-refractivity contribution in [2.24, 2.45) is 23.2 Å². The fourth-order valence-corrected chi connectivity index (χ4v) is 4.69. The number of carbonyl (C=O) groups excluding carboxylic acids is 1. The summed E-state index contributed by atoms with van der Waals surface area (Å²) in [6, 6.07) is 0. The summed E-state index contributed by atoms with van der Waals surface area (Å²) < 4.78 is 11.0. The lowest BCUT2D eigenvalue weighted by atomic mass is 9.55. The topological polar surface area (TPSA) is 35.5 Å². The zero-order valence-electron chi connectivity index (χ0n) is 12.0. The van der Waals surface area contributed by atoms with Gasteiger partial charge in [0.2, 0.25) is 0 Å². The number of esters is 1. The molecule has 0 aromatic carbocycles. The molecule has 3 heteroatoms. The van der Waals surface area contributed by atoms with Gasteiger partial charge in [0.1, 0.15) is 6.10 Å². The molecule has 19 heavy (non-hydrogen) atoms. The molecule has 2 saturated carbocycles. The molecule has 0 aromatic heterocycles. The van der Waals surface area contributed by atoms with E-state index >= 15 is 0 Å². The lowest BCUT2D eigenvalue weighted by Crippen LogP contribution is -2.47. The lowest BCUT2D eigenvalue weighted by molar-refractivity contribution is -0.149. The van der Waals surface area contributed by atoms with Crippen LogP contribution in [0.25, 0.3) is 0 Å². The zero-order valence-corrected chi connectivity index (χ0v) is 12.0. The summed E-state index contributed by atoms with van der Waals surface area (Å²) in [5, 5.41) is 0. The van der Waals surface area contributed by atoms with Crippen molar-refractivity contribution in [2.75, 3.05) is 13.7 Å². The van der Waals surface area contributed by atoms with Crippen LogP contribution in [-0.2, 0) is 14.3 Å². The standard InChI is InChI=1S/C16H24O3/c1-10-5-4-7-16(2)8-6-11-12(9-18-3)15(17)19-14(11)13(10)16/h11-14H,1,4-9H2,2-3H3/t11-,12-,13+,14-,16+/m0/s1. The fourth-order valence-electron chi connectivity index (χ4n) is 4.69. The lowest BCUT2D eigenvalue weighted by Gasteiger charge is -2.50. The van der Waals surface area contributed by atoms with Crippen LogP contribution < -0.4 is 0 Å². The van der Waals surface area contributed by atoms with Gasteiger partial charge in [-0.3, -0.25) is 4.79 Å². The Hall–Kier alpha value is -0.830. The van der Waals surface area contributed by atoms with Crippen LogP contribution in [0, 0.1) is 23.2 Å². The van der Waals surface area contributed by atoms with Crippen LogP contribution in [0.1, 0.15) is 39.0 Å². The van der Waals surface area contributed by atoms with Crippen molar-refractivity contribution in [1.82, 2.24) is 0 Å². The van der Waals surface area contributed by atoms with Gasteiger partial charge in [0.25, 0.3) is 0 Å². The predicted octanol–water partition coefficient (Wildman–Crippen LogP) is 2.95. The molecular formula is C16H24O3. The summed E-state index contributed by atoms with van der Waals surface area (Å²) in [6.45, 7) is 7.13. The second kappa shape index (κ2) is 4.62. The molecule has 1 aliphatic heterocycles. The molecule has 3 fully saturated rings. The first kappa shape index (κ1) is 13.2. The van der Waals surface area contributed by atoms with Crippen LogP contribution in [0.4, 0.5) is 0 Å². The van der Waals surface area contributed by atoms with Crippen LogP contribution in [0.3, 0.4) is 0 Å². The Kier molecular flexibility index (Phi) is 3.20. The Morgan fingerprint density at radius 3 is 3.00 bits per heavy atom. The normalized spacial score (nSPS) is 45.6. The Balaban J connectivity index is 1.88. The van der Waals surface area contributed by atoms with E-state index in [1.807, 2.05) is 0 Å². The third kappa shape index (κ3) is 1.94. The first-order valence-electron chi connectivity index (χ1n) is 7.44. The van der Waals surface area contributed by atoms with Crippen LogP contribution in [0.5, 0.6) is 0 Å². The average molecular weight is 264 g/mol. The van der Waals surface area contributed by atoms with E-state index in [4.69, 9.17) is 9.47 Å². The second-order valence-electron chi connectivity index (χ2n) is 6.81. The predicted molar refractivity (Wildman–Crippen MR) is 72.6 cm³/mol. The Morgan fingerprint density at radius 2 is 2.26 bits per heavy atom. The van der Waals surface area contributed by atoms with Crippen molar-refractivity contribution in [3.8, 4) is 0 Å². The molecule has 0 spiro atoms. The maximum absolute atomic E-state index is 12.1. The molecule has 3 aliphatic rings. The van der Waals surface area contributed by atoms with E-state index in [2.05, 4.69) is 13.5 Å². The van der Waals surface area contributed by atoms with E-state index < -0.39 is 0 Å². The third-order valence-corrected chi connectivity index (χ3v) is 5.65. The van der Waals surface area contributed by atoms with E-state index in [9.17, 15) is 4.79 Å². The van der Waals surface area contributed by atoms with Crippen molar-refractivity contribution in [3.05, 3.63) is 12.2 Å². The van der Waals surface area contributed by atoms with Crippen molar-refractivity contribution in [2.45, 2.75) is 45.1 Å². The van der Waals surface area contributed by atoms with Gasteiger partial charge in [-0.15, -0.1) is 0 Å². The van der Waals surface area contributed by atoms with Gasteiger partial charge in [-0.05, 0) is 37.5 Å². The van der Waals surface area contributed by atoms with E-state index in [0.717, 1.165) is 12.8 Å². The van der Waals surface area contributed by atoms with E-state index in [1.165, 1.54) is 24.8 Å². The first-order valence-corrected chi connectivity index (χ1v) is 7.44. The van der Waals surface area contributed by atoms with Crippen molar-refractivity contribution in [1.29, 1.82) is 0 Å². The fraction of sp³-hybridized carbons (Fsp3) is 0.812. The van der Waals surface area contributed by atoms with E-state index in [1.54, 1.807) is 7.11 Å². The third-order valence-electron chi connectivity index (χ3n) is 5.65. The summed E-state index contributed by atoms with van der Waals surface area (Å²) in [6.07, 6.45) is 5.90. The maximum Gasteiger partial charge on any atom is 0.312 e. The maximum atomic E-state index is 12.1. The average Bonchev–Trinajstić information content (AvgIpc) is 2.66. The molecule has 1 heterocycles. The second-order valence-corrected chi connectivity index (χ2v) is 6.81. The van der Waals surface area contributed by atoms with Gasteiger partial charge < -0.3 is 9.47 Å². The van der Waals surface area contributed by atoms with E-state index in [-0.39, 0.29) is 18.0 Å². The summed E-state index contributed by atoms with van der Waals surface area (Å²) in [7, 11) is 1.66. The molecule has 0 amide bonds. The molecule has 3 nitrogen and oxygen atoms in total. The molecule has 3 rings (SSSR count). The minimum atomic E-state index is -0.0609. The summed E-state index contributed by atoms with van der Waals surface area (Å²) in [5.41, 5.74) is 1.59. The van der Waals surface area contributed by atoms with Gasteiger partial charge in [0.05, 0.1) is 12.5 Å². The summed E-state index contributed by atoms with van der Waals surface area (Å²) in [4.78, 5) is 12.1. The summed E-state index contributed by atoms with van der Waals surface area (Å²) in [5.74, 6) is 0.583. The van der Waals surface area contributed by atoms with Crippen molar-refractivity contribution in [3.63, 3.8) is 0 Å². The smallest absolute Gasteiger partial charge is 0.312 e. The summed E-state index contributed by atoms with van der Waals surface area (Å²) >= 11 is 0. The van der Waals surface area contributed by atoms with Crippen molar-refractivity contribution < 1.29 is 14.3 Å². The van der Waals surface area contributed by atoms with Gasteiger partial charge in [-0.25, -0.2) is 0 Å². The quantitative estimate of drug-likeness (QED) is 0.568. The van der Waals surface area contributed by atoms with Crippen LogP contribution in [0.2, 0.25) is 0 Å². The zero-order chi connectivity index (χ0) is 13.6. The minimum Gasteiger partial charge on any atom is -0.461 e. The van der Waals surface area contributed by atoms with Crippen LogP contribution >= 0.6 is 0 Å². The number of carbonyl (C=O) groups is 1. The molecular weight excluding hydrogens is 240 g/mol. The van der Waals surface area contributed by atoms with Crippen molar-refractivity contribution >= 4 is 5.97 Å². The largest absolute Gasteiger partial charge is 0.461 e. The molecule has 0 N–H and O–H groups in total. The van der Waals surface area contributed by atoms with Gasteiger partial charge in [-0.1, -0.05) is 19.1 Å². The molecule has 1 saturated heterocycles. The Labute approximate surface area is 115 Å². The monoisotopic (exact) mass is 264 g/mol. The number of ether oxygens (including phenoxy) is 2.